The number of rotatable bonds is 4. The topological polar surface area (TPSA) is 59.8 Å². The summed E-state index contributed by atoms with van der Waals surface area (Å²) < 4.78 is 10.2. The Hall–Kier alpha value is -2.82. The smallest absolute Gasteiger partial charge is 0.374 e. The summed E-state index contributed by atoms with van der Waals surface area (Å²) in [6.07, 6.45) is 1.56. The number of likely N-dealkylation sites (N-methyl/N-ethyl adjacent to an activating group) is 1. The molecule has 0 atom stereocenters. The molecular weight excluding hydrogens is 318 g/mol. The van der Waals surface area contributed by atoms with Gasteiger partial charge in [-0.3, -0.25) is 4.79 Å². The largest absolute Gasteiger partial charge is 0.454 e. The third kappa shape index (κ3) is 3.09. The summed E-state index contributed by atoms with van der Waals surface area (Å²) in [6.45, 7) is 5.57. The fraction of sp³-hybridized carbons (Fsp3) is 0.300. The number of ketones is 1. The van der Waals surface area contributed by atoms with Crippen molar-refractivity contribution in [3.8, 4) is 0 Å². The third-order valence-electron chi connectivity index (χ3n) is 4.53. The number of fused-ring (bicyclic) bond motifs is 1. The molecule has 0 saturated carbocycles. The molecule has 1 aliphatic rings. The Morgan fingerprint density at radius 2 is 1.92 bits per heavy atom. The molecule has 0 saturated heterocycles. The maximum atomic E-state index is 12.3. The van der Waals surface area contributed by atoms with Crippen LogP contribution in [0.1, 0.15) is 35.7 Å². The van der Waals surface area contributed by atoms with Crippen molar-refractivity contribution in [1.29, 1.82) is 0 Å². The van der Waals surface area contributed by atoms with E-state index in [4.69, 9.17) is 9.15 Å². The van der Waals surface area contributed by atoms with Crippen molar-refractivity contribution < 1.29 is 18.7 Å². The number of allylic oxidation sites excluding steroid dienone is 1. The van der Waals surface area contributed by atoms with Gasteiger partial charge < -0.3 is 14.1 Å². The van der Waals surface area contributed by atoms with Crippen LogP contribution in [-0.4, -0.2) is 25.4 Å². The Kier molecular flexibility index (Phi) is 4.25. The zero-order chi connectivity index (χ0) is 18.2. The Balaban J connectivity index is 1.72. The van der Waals surface area contributed by atoms with Gasteiger partial charge in [-0.25, -0.2) is 4.79 Å². The highest BCUT2D eigenvalue weighted by Crippen LogP contribution is 2.46. The van der Waals surface area contributed by atoms with E-state index in [-0.39, 0.29) is 23.6 Å². The van der Waals surface area contributed by atoms with Gasteiger partial charge in [0.25, 0.3) is 0 Å². The lowest BCUT2D eigenvalue weighted by Gasteiger charge is -2.23. The first-order valence-corrected chi connectivity index (χ1v) is 8.12. The number of carbonyl (C=O) groups excluding carboxylic acids is 2. The zero-order valence-corrected chi connectivity index (χ0v) is 14.8. The Labute approximate surface area is 146 Å². The second-order valence-electron chi connectivity index (χ2n) is 6.68. The molecule has 3 rings (SSSR count). The molecule has 0 fully saturated rings. The van der Waals surface area contributed by atoms with E-state index in [1.807, 2.05) is 30.1 Å². The van der Waals surface area contributed by atoms with Gasteiger partial charge in [0.1, 0.15) is 5.76 Å². The SMILES string of the molecule is Cc1ccc(C(=O)OCC(=O)C=C2N(C)c3ccccc3C2(C)C)o1. The summed E-state index contributed by atoms with van der Waals surface area (Å²) in [6, 6.07) is 11.3. The standard InChI is InChI=1S/C20H21NO4/c1-13-9-10-17(25-13)19(23)24-12-14(22)11-18-20(2,3)15-7-5-6-8-16(15)21(18)4/h5-11H,12H2,1-4H3. The van der Waals surface area contributed by atoms with Crippen LogP contribution in [0.4, 0.5) is 5.69 Å². The minimum Gasteiger partial charge on any atom is -0.454 e. The van der Waals surface area contributed by atoms with Gasteiger partial charge >= 0.3 is 5.97 Å². The van der Waals surface area contributed by atoms with E-state index in [2.05, 4.69) is 19.9 Å². The predicted octanol–water partition coefficient (Wildman–Crippen LogP) is 3.63. The predicted molar refractivity (Wildman–Crippen MR) is 94.7 cm³/mol. The van der Waals surface area contributed by atoms with E-state index in [9.17, 15) is 9.59 Å². The number of hydrogen-bond donors (Lipinski definition) is 0. The number of nitrogens with zero attached hydrogens (tertiary/aromatic N) is 1. The van der Waals surface area contributed by atoms with Crippen molar-refractivity contribution >= 4 is 17.4 Å². The fourth-order valence-electron chi connectivity index (χ4n) is 3.21. The van der Waals surface area contributed by atoms with Crippen LogP contribution in [0, 0.1) is 6.92 Å². The molecule has 5 heteroatoms. The van der Waals surface area contributed by atoms with Gasteiger partial charge in [0.05, 0.1) is 0 Å². The van der Waals surface area contributed by atoms with Crippen LogP contribution < -0.4 is 4.90 Å². The molecule has 5 nitrogen and oxygen atoms in total. The van der Waals surface area contributed by atoms with Gasteiger partial charge in [-0.2, -0.15) is 0 Å². The number of hydrogen-bond acceptors (Lipinski definition) is 5. The van der Waals surface area contributed by atoms with Crippen LogP contribution in [0.15, 0.2) is 52.6 Å². The van der Waals surface area contributed by atoms with E-state index in [0.717, 1.165) is 11.4 Å². The summed E-state index contributed by atoms with van der Waals surface area (Å²) in [5.74, 6) is -0.183. The molecule has 0 radical (unpaired) electrons. The third-order valence-corrected chi connectivity index (χ3v) is 4.53. The number of ether oxygens (including phenoxy) is 1. The van der Waals surface area contributed by atoms with Crippen LogP contribution in [0.25, 0.3) is 0 Å². The van der Waals surface area contributed by atoms with Crippen molar-refractivity contribution in [3.63, 3.8) is 0 Å². The van der Waals surface area contributed by atoms with Gasteiger partial charge in [-0.05, 0) is 30.7 Å². The number of carbonyl (C=O) groups is 2. The molecule has 2 aromatic rings. The second-order valence-corrected chi connectivity index (χ2v) is 6.68. The lowest BCUT2D eigenvalue weighted by Crippen LogP contribution is -2.25. The van der Waals surface area contributed by atoms with E-state index >= 15 is 0 Å². The summed E-state index contributed by atoms with van der Waals surface area (Å²) in [4.78, 5) is 26.2. The molecule has 0 bridgehead atoms. The van der Waals surface area contributed by atoms with Crippen molar-refractivity contribution in [3.05, 3.63) is 65.3 Å². The zero-order valence-electron chi connectivity index (χ0n) is 14.8. The lowest BCUT2D eigenvalue weighted by atomic mass is 9.83. The summed E-state index contributed by atoms with van der Waals surface area (Å²) in [5.41, 5.74) is 2.83. The fourth-order valence-corrected chi connectivity index (χ4v) is 3.21. The number of esters is 1. The van der Waals surface area contributed by atoms with Gasteiger partial charge in [0, 0.05) is 29.9 Å². The van der Waals surface area contributed by atoms with E-state index in [0.29, 0.717) is 5.76 Å². The van der Waals surface area contributed by atoms with E-state index in [1.165, 1.54) is 11.6 Å². The number of furan rings is 1. The van der Waals surface area contributed by atoms with Crippen molar-refractivity contribution in [2.24, 2.45) is 0 Å². The number of benzene rings is 1. The molecule has 1 aliphatic heterocycles. The minimum atomic E-state index is -0.637. The molecule has 0 aliphatic carbocycles. The number of para-hydroxylation sites is 1. The second kappa shape index (κ2) is 6.24. The average Bonchev–Trinajstić information content (AvgIpc) is 3.09. The minimum absolute atomic E-state index is 0.101. The number of anilines is 1. The first kappa shape index (κ1) is 17.0. The lowest BCUT2D eigenvalue weighted by molar-refractivity contribution is -0.117. The average molecular weight is 339 g/mol. The monoisotopic (exact) mass is 339 g/mol. The van der Waals surface area contributed by atoms with E-state index in [1.54, 1.807) is 19.1 Å². The molecule has 1 aromatic carbocycles. The first-order valence-electron chi connectivity index (χ1n) is 8.12. The maximum absolute atomic E-state index is 12.3. The Morgan fingerprint density at radius 3 is 2.56 bits per heavy atom. The first-order chi connectivity index (χ1) is 11.8. The molecule has 2 heterocycles. The Morgan fingerprint density at radius 1 is 1.20 bits per heavy atom. The highest BCUT2D eigenvalue weighted by atomic mass is 16.5. The van der Waals surface area contributed by atoms with Gasteiger partial charge in [-0.15, -0.1) is 0 Å². The van der Waals surface area contributed by atoms with Crippen molar-refractivity contribution in [2.75, 3.05) is 18.6 Å². The summed E-state index contributed by atoms with van der Waals surface area (Å²) in [5, 5.41) is 0. The van der Waals surface area contributed by atoms with Gasteiger partial charge in [-0.1, -0.05) is 32.0 Å². The summed E-state index contributed by atoms with van der Waals surface area (Å²) >= 11 is 0. The van der Waals surface area contributed by atoms with E-state index < -0.39 is 5.97 Å². The quantitative estimate of drug-likeness (QED) is 0.629. The highest BCUT2D eigenvalue weighted by molar-refractivity contribution is 5.95. The molecule has 0 amide bonds. The normalized spacial score (nSPS) is 16.8. The molecule has 0 spiro atoms. The number of aryl methyl sites for hydroxylation is 1. The van der Waals surface area contributed by atoms with Gasteiger partial charge in [0.2, 0.25) is 5.76 Å². The molecule has 1 aromatic heterocycles. The highest BCUT2D eigenvalue weighted by Gasteiger charge is 2.38. The molecule has 25 heavy (non-hydrogen) atoms. The molecule has 130 valence electrons. The van der Waals surface area contributed by atoms with Crippen molar-refractivity contribution in [1.82, 2.24) is 0 Å². The van der Waals surface area contributed by atoms with Crippen LogP contribution in [0.3, 0.4) is 0 Å². The molecular formula is C20H21NO4. The Bertz CT molecular complexity index is 860. The van der Waals surface area contributed by atoms with Crippen molar-refractivity contribution in [2.45, 2.75) is 26.2 Å². The molecule has 0 unspecified atom stereocenters. The van der Waals surface area contributed by atoms with Gasteiger partial charge in [0.15, 0.2) is 12.4 Å². The van der Waals surface area contributed by atoms with Crippen LogP contribution in [0.5, 0.6) is 0 Å². The van der Waals surface area contributed by atoms with Crippen LogP contribution in [0.2, 0.25) is 0 Å². The molecule has 0 N–H and O–H groups in total. The van der Waals surface area contributed by atoms with Crippen LogP contribution in [-0.2, 0) is 14.9 Å². The summed E-state index contributed by atoms with van der Waals surface area (Å²) in [7, 11) is 1.93. The van der Waals surface area contributed by atoms with Crippen LogP contribution >= 0.6 is 0 Å². The maximum Gasteiger partial charge on any atom is 0.374 e.